The maximum atomic E-state index is 11.6. The van der Waals surface area contributed by atoms with E-state index in [0.717, 1.165) is 25.2 Å². The van der Waals surface area contributed by atoms with Crippen LogP contribution in [0.3, 0.4) is 0 Å². The van der Waals surface area contributed by atoms with Gasteiger partial charge in [-0.05, 0) is 5.92 Å². The van der Waals surface area contributed by atoms with Gasteiger partial charge in [-0.25, -0.2) is 14.6 Å². The molecule has 1 unspecified atom stereocenters. The molecule has 9 nitrogen and oxygen atoms in total. The Kier molecular flexibility index (Phi) is 3.18. The minimum atomic E-state index is -0.533. The van der Waals surface area contributed by atoms with Crippen LogP contribution in [0.25, 0.3) is 5.70 Å². The van der Waals surface area contributed by atoms with Gasteiger partial charge in [0.2, 0.25) is 0 Å². The minimum absolute atomic E-state index is 0.533. The third-order valence-corrected chi connectivity index (χ3v) is 4.02. The third-order valence-electron chi connectivity index (χ3n) is 4.02. The standard InChI is InChI=1S/C14H16N8O/c1-10-6-20(7-10)13-4-14(16-9-15-13)22-12(8-23)11(5-18-22)21-3-2-17-19-21/h2-5,8-10,12,18H,6-7H2,1H3. The molecule has 2 aromatic rings. The maximum absolute atomic E-state index is 11.6. The van der Waals surface area contributed by atoms with Crippen molar-refractivity contribution in [2.75, 3.05) is 23.0 Å². The molecule has 1 atom stereocenters. The van der Waals surface area contributed by atoms with E-state index in [1.807, 2.05) is 6.07 Å². The van der Waals surface area contributed by atoms with Gasteiger partial charge in [-0.1, -0.05) is 12.1 Å². The molecule has 118 valence electrons. The van der Waals surface area contributed by atoms with Crippen LogP contribution in [-0.2, 0) is 4.79 Å². The van der Waals surface area contributed by atoms with E-state index >= 15 is 0 Å². The predicted octanol–water partition coefficient (Wildman–Crippen LogP) is -0.0851. The molecule has 4 heterocycles. The van der Waals surface area contributed by atoms with Gasteiger partial charge in [-0.15, -0.1) is 5.10 Å². The summed E-state index contributed by atoms with van der Waals surface area (Å²) in [4.78, 5) is 22.4. The first-order valence-electron chi connectivity index (χ1n) is 7.40. The van der Waals surface area contributed by atoms with E-state index in [2.05, 4.69) is 37.5 Å². The first-order valence-corrected chi connectivity index (χ1v) is 7.40. The van der Waals surface area contributed by atoms with Crippen LogP contribution >= 0.6 is 0 Å². The zero-order valence-electron chi connectivity index (χ0n) is 12.6. The van der Waals surface area contributed by atoms with Crippen molar-refractivity contribution in [3.63, 3.8) is 0 Å². The van der Waals surface area contributed by atoms with Crippen molar-refractivity contribution in [1.29, 1.82) is 0 Å². The number of nitrogens with one attached hydrogen (secondary N) is 1. The van der Waals surface area contributed by atoms with E-state index in [9.17, 15) is 4.79 Å². The zero-order chi connectivity index (χ0) is 15.8. The van der Waals surface area contributed by atoms with Gasteiger partial charge < -0.3 is 15.1 Å². The maximum Gasteiger partial charge on any atom is 0.153 e. The molecule has 1 saturated heterocycles. The van der Waals surface area contributed by atoms with E-state index in [0.29, 0.717) is 17.4 Å². The molecule has 1 fully saturated rings. The van der Waals surface area contributed by atoms with E-state index in [1.54, 1.807) is 28.3 Å². The molecule has 0 radical (unpaired) electrons. The van der Waals surface area contributed by atoms with Crippen molar-refractivity contribution < 1.29 is 4.79 Å². The van der Waals surface area contributed by atoms with Crippen LogP contribution in [0.2, 0.25) is 0 Å². The summed E-state index contributed by atoms with van der Waals surface area (Å²) in [7, 11) is 0. The van der Waals surface area contributed by atoms with Crippen LogP contribution in [0.1, 0.15) is 6.92 Å². The molecule has 2 aliphatic rings. The number of hydrogen-bond donors (Lipinski definition) is 1. The van der Waals surface area contributed by atoms with E-state index in [-0.39, 0.29) is 0 Å². The number of carbonyl (C=O) groups is 1. The summed E-state index contributed by atoms with van der Waals surface area (Å²) < 4.78 is 1.56. The highest BCUT2D eigenvalue weighted by Crippen LogP contribution is 2.27. The van der Waals surface area contributed by atoms with Gasteiger partial charge in [0.25, 0.3) is 0 Å². The Morgan fingerprint density at radius 3 is 2.83 bits per heavy atom. The Hall–Kier alpha value is -2.97. The molecule has 23 heavy (non-hydrogen) atoms. The lowest BCUT2D eigenvalue weighted by Gasteiger charge is -2.38. The molecule has 0 bridgehead atoms. The highest BCUT2D eigenvalue weighted by molar-refractivity contribution is 5.83. The van der Waals surface area contributed by atoms with E-state index in [4.69, 9.17) is 0 Å². The number of aromatic nitrogens is 5. The topological polar surface area (TPSA) is 92.1 Å². The van der Waals surface area contributed by atoms with Crippen LogP contribution < -0.4 is 15.3 Å². The number of anilines is 2. The van der Waals surface area contributed by atoms with Gasteiger partial charge >= 0.3 is 0 Å². The molecular weight excluding hydrogens is 296 g/mol. The molecule has 0 aromatic carbocycles. The Morgan fingerprint density at radius 1 is 1.30 bits per heavy atom. The molecule has 4 rings (SSSR count). The van der Waals surface area contributed by atoms with E-state index in [1.165, 1.54) is 6.33 Å². The smallest absolute Gasteiger partial charge is 0.153 e. The van der Waals surface area contributed by atoms with Crippen LogP contribution in [0, 0.1) is 5.92 Å². The molecular formula is C14H16N8O. The lowest BCUT2D eigenvalue weighted by Crippen LogP contribution is -2.46. The van der Waals surface area contributed by atoms with Gasteiger partial charge in [0.15, 0.2) is 18.1 Å². The Morgan fingerprint density at radius 2 is 2.13 bits per heavy atom. The van der Waals surface area contributed by atoms with Crippen molar-refractivity contribution in [3.05, 3.63) is 31.0 Å². The lowest BCUT2D eigenvalue weighted by atomic mass is 10.0. The van der Waals surface area contributed by atoms with Crippen LogP contribution in [0.4, 0.5) is 11.6 Å². The minimum Gasteiger partial charge on any atom is -0.356 e. The van der Waals surface area contributed by atoms with Crippen LogP contribution in [-0.4, -0.2) is 50.4 Å². The molecule has 0 amide bonds. The average molecular weight is 312 g/mol. The van der Waals surface area contributed by atoms with Gasteiger partial charge in [-0.2, -0.15) is 0 Å². The van der Waals surface area contributed by atoms with Crippen molar-refractivity contribution in [3.8, 4) is 0 Å². The van der Waals surface area contributed by atoms with Gasteiger partial charge in [0, 0.05) is 25.4 Å². The zero-order valence-corrected chi connectivity index (χ0v) is 12.6. The van der Waals surface area contributed by atoms with E-state index < -0.39 is 6.04 Å². The van der Waals surface area contributed by atoms with Crippen molar-refractivity contribution in [2.45, 2.75) is 13.0 Å². The molecule has 9 heteroatoms. The summed E-state index contributed by atoms with van der Waals surface area (Å²) in [5.74, 6) is 2.19. The molecule has 0 spiro atoms. The fourth-order valence-corrected chi connectivity index (χ4v) is 2.85. The number of rotatable bonds is 4. The summed E-state index contributed by atoms with van der Waals surface area (Å²) in [5, 5.41) is 9.40. The summed E-state index contributed by atoms with van der Waals surface area (Å²) in [5.41, 5.74) is 3.76. The Balaban J connectivity index is 1.59. The number of hydrazine groups is 1. The largest absolute Gasteiger partial charge is 0.356 e. The summed E-state index contributed by atoms with van der Waals surface area (Å²) >= 11 is 0. The predicted molar refractivity (Wildman–Crippen MR) is 83.2 cm³/mol. The average Bonchev–Trinajstić information content (AvgIpc) is 3.20. The highest BCUT2D eigenvalue weighted by atomic mass is 16.1. The molecule has 0 saturated carbocycles. The third kappa shape index (κ3) is 2.30. The first-order chi connectivity index (χ1) is 11.3. The van der Waals surface area contributed by atoms with Crippen molar-refractivity contribution >= 4 is 23.6 Å². The monoisotopic (exact) mass is 312 g/mol. The summed E-state index contributed by atoms with van der Waals surface area (Å²) in [6, 6.07) is 1.35. The number of nitrogens with zero attached hydrogens (tertiary/aromatic N) is 7. The quantitative estimate of drug-likeness (QED) is 0.784. The number of aldehydes is 1. The second-order valence-corrected chi connectivity index (χ2v) is 5.74. The second kappa shape index (κ2) is 5.34. The lowest BCUT2D eigenvalue weighted by molar-refractivity contribution is -0.108. The van der Waals surface area contributed by atoms with Gasteiger partial charge in [0.05, 0.1) is 18.1 Å². The molecule has 2 aliphatic heterocycles. The fourth-order valence-electron chi connectivity index (χ4n) is 2.85. The second-order valence-electron chi connectivity index (χ2n) is 5.74. The molecule has 0 aliphatic carbocycles. The molecule has 2 aromatic heterocycles. The molecule has 1 N–H and O–H groups in total. The normalized spacial score (nSPS) is 20.9. The van der Waals surface area contributed by atoms with Crippen molar-refractivity contribution in [1.82, 2.24) is 30.4 Å². The highest BCUT2D eigenvalue weighted by Gasteiger charge is 2.31. The van der Waals surface area contributed by atoms with Crippen LogP contribution in [0.5, 0.6) is 0 Å². The van der Waals surface area contributed by atoms with Gasteiger partial charge in [0.1, 0.15) is 12.1 Å². The van der Waals surface area contributed by atoms with Gasteiger partial charge in [-0.3, -0.25) is 5.01 Å². The van der Waals surface area contributed by atoms with Crippen molar-refractivity contribution in [2.24, 2.45) is 5.92 Å². The SMILES string of the molecule is CC1CN(c2cc(N3NC=C(n4ccnn4)C3C=O)ncn2)C1. The first kappa shape index (κ1) is 13.7. The summed E-state index contributed by atoms with van der Waals surface area (Å²) in [6.07, 6.45) is 7.35. The number of hydrogen-bond acceptors (Lipinski definition) is 8. The Bertz CT molecular complexity index is 737. The number of carbonyl (C=O) groups excluding carboxylic acids is 1. The fraction of sp³-hybridized carbons (Fsp3) is 0.357. The Labute approximate surface area is 132 Å². The van der Waals surface area contributed by atoms with Crippen LogP contribution in [0.15, 0.2) is 31.0 Å². The summed E-state index contributed by atoms with van der Waals surface area (Å²) in [6.45, 7) is 4.18.